The van der Waals surface area contributed by atoms with Crippen LogP contribution < -0.4 is 5.73 Å². The van der Waals surface area contributed by atoms with Crippen LogP contribution in [0.2, 0.25) is 0 Å². The number of nitrogens with two attached hydrogens (primary N) is 1. The number of carbonyl (C=O) groups is 1. The van der Waals surface area contributed by atoms with Gasteiger partial charge in [0.1, 0.15) is 0 Å². The van der Waals surface area contributed by atoms with E-state index in [2.05, 4.69) is 9.80 Å². The van der Waals surface area contributed by atoms with Crippen molar-refractivity contribution in [1.29, 1.82) is 0 Å². The molecule has 2 saturated heterocycles. The third-order valence-electron chi connectivity index (χ3n) is 7.40. The number of piperidine rings is 1. The molecule has 24 heavy (non-hydrogen) atoms. The first kappa shape index (κ1) is 16.8. The van der Waals surface area contributed by atoms with Crippen LogP contribution in [0.3, 0.4) is 0 Å². The van der Waals surface area contributed by atoms with Gasteiger partial charge in [0.2, 0.25) is 5.91 Å². The molecule has 2 aliphatic carbocycles. The molecule has 4 aliphatic rings. The lowest BCUT2D eigenvalue weighted by Gasteiger charge is -2.45. The summed E-state index contributed by atoms with van der Waals surface area (Å²) in [5.74, 6) is 2.76. The Morgan fingerprint density at radius 3 is 2.12 bits per heavy atom. The van der Waals surface area contributed by atoms with E-state index < -0.39 is 0 Å². The Labute approximate surface area is 147 Å². The van der Waals surface area contributed by atoms with E-state index in [-0.39, 0.29) is 5.92 Å². The van der Waals surface area contributed by atoms with E-state index in [0.29, 0.717) is 23.8 Å². The smallest absolute Gasteiger partial charge is 0.225 e. The van der Waals surface area contributed by atoms with Crippen molar-refractivity contribution in [2.24, 2.45) is 29.4 Å². The zero-order valence-electron chi connectivity index (χ0n) is 15.2. The van der Waals surface area contributed by atoms with E-state index in [1.807, 2.05) is 0 Å². The summed E-state index contributed by atoms with van der Waals surface area (Å²) in [6.45, 7) is 5.85. The summed E-state index contributed by atoms with van der Waals surface area (Å²) in [6, 6.07) is 0.369. The fourth-order valence-electron chi connectivity index (χ4n) is 5.92. The van der Waals surface area contributed by atoms with E-state index in [1.165, 1.54) is 64.6 Å². The van der Waals surface area contributed by atoms with E-state index in [0.717, 1.165) is 31.8 Å². The lowest BCUT2D eigenvalue weighted by atomic mass is 9.65. The number of likely N-dealkylation sites (tertiary alicyclic amines) is 2. The standard InChI is InChI=1S/C20H35N3O/c21-19-16-4-3-5-17(19)13-18(12-16)20(24)23-10-6-15(7-11-23)14-22-8-1-2-9-22/h15-19H,1-14,21H2. The Hall–Kier alpha value is -0.610. The molecule has 2 aliphatic heterocycles. The average Bonchev–Trinajstić information content (AvgIpc) is 3.08. The first-order chi connectivity index (χ1) is 11.7. The molecule has 2 N–H and O–H groups in total. The average molecular weight is 334 g/mol. The van der Waals surface area contributed by atoms with Crippen LogP contribution in [0.1, 0.15) is 57.8 Å². The van der Waals surface area contributed by atoms with Crippen molar-refractivity contribution in [2.75, 3.05) is 32.7 Å². The molecule has 0 aromatic heterocycles. The molecule has 2 atom stereocenters. The highest BCUT2D eigenvalue weighted by Gasteiger charge is 2.42. The van der Waals surface area contributed by atoms with Gasteiger partial charge in [0.15, 0.2) is 0 Å². The summed E-state index contributed by atoms with van der Waals surface area (Å²) in [6.07, 6.45) is 11.1. The van der Waals surface area contributed by atoms with Gasteiger partial charge < -0.3 is 15.5 Å². The van der Waals surface area contributed by atoms with Gasteiger partial charge >= 0.3 is 0 Å². The second-order valence-electron chi connectivity index (χ2n) is 8.97. The molecule has 4 rings (SSSR count). The third-order valence-corrected chi connectivity index (χ3v) is 7.40. The number of amides is 1. The van der Waals surface area contributed by atoms with E-state index in [9.17, 15) is 4.79 Å². The van der Waals surface area contributed by atoms with Gasteiger partial charge in [-0.15, -0.1) is 0 Å². The number of hydrogen-bond acceptors (Lipinski definition) is 3. The Morgan fingerprint density at radius 2 is 1.50 bits per heavy atom. The normalized spacial score (nSPS) is 38.5. The Balaban J connectivity index is 1.27. The molecule has 2 saturated carbocycles. The SMILES string of the molecule is NC1C2CCCC1CC(C(=O)N1CCC(CN3CCCC3)CC1)C2. The molecule has 0 aromatic rings. The van der Waals surface area contributed by atoms with Gasteiger partial charge in [0, 0.05) is 31.6 Å². The van der Waals surface area contributed by atoms with Crippen LogP contribution >= 0.6 is 0 Å². The third kappa shape index (κ3) is 3.50. The molecule has 0 spiro atoms. The highest BCUT2D eigenvalue weighted by Crippen LogP contribution is 2.42. The maximum absolute atomic E-state index is 13.0. The lowest BCUT2D eigenvalue weighted by molar-refractivity contribution is -0.140. The maximum atomic E-state index is 13.0. The minimum Gasteiger partial charge on any atom is -0.342 e. The Kier molecular flexibility index (Phi) is 5.14. The number of rotatable bonds is 3. The molecule has 0 radical (unpaired) electrons. The fourth-order valence-corrected chi connectivity index (χ4v) is 5.92. The van der Waals surface area contributed by atoms with Crippen molar-refractivity contribution in [3.63, 3.8) is 0 Å². The van der Waals surface area contributed by atoms with Crippen molar-refractivity contribution in [3.05, 3.63) is 0 Å². The highest BCUT2D eigenvalue weighted by atomic mass is 16.2. The predicted octanol–water partition coefficient (Wildman–Crippen LogP) is 2.47. The summed E-state index contributed by atoms with van der Waals surface area (Å²) >= 11 is 0. The minimum atomic E-state index is 0.273. The van der Waals surface area contributed by atoms with Gasteiger partial charge in [0.25, 0.3) is 0 Å². The summed E-state index contributed by atoms with van der Waals surface area (Å²) in [5.41, 5.74) is 6.39. The van der Waals surface area contributed by atoms with Crippen molar-refractivity contribution >= 4 is 5.91 Å². The van der Waals surface area contributed by atoms with Gasteiger partial charge in [-0.1, -0.05) is 6.42 Å². The van der Waals surface area contributed by atoms with Crippen molar-refractivity contribution < 1.29 is 4.79 Å². The van der Waals surface area contributed by atoms with Crippen LogP contribution in [-0.4, -0.2) is 54.5 Å². The zero-order chi connectivity index (χ0) is 16.5. The van der Waals surface area contributed by atoms with Gasteiger partial charge in [-0.25, -0.2) is 0 Å². The van der Waals surface area contributed by atoms with Crippen molar-refractivity contribution in [2.45, 2.75) is 63.8 Å². The molecule has 2 bridgehead atoms. The fraction of sp³-hybridized carbons (Fsp3) is 0.950. The van der Waals surface area contributed by atoms with Gasteiger partial charge in [-0.05, 0) is 82.2 Å². The topological polar surface area (TPSA) is 49.6 Å². The van der Waals surface area contributed by atoms with E-state index in [1.54, 1.807) is 0 Å². The summed E-state index contributed by atoms with van der Waals surface area (Å²) < 4.78 is 0. The van der Waals surface area contributed by atoms with Crippen LogP contribution in [0.4, 0.5) is 0 Å². The quantitative estimate of drug-likeness (QED) is 0.863. The molecule has 2 heterocycles. The zero-order valence-corrected chi connectivity index (χ0v) is 15.2. The minimum absolute atomic E-state index is 0.273. The highest BCUT2D eigenvalue weighted by molar-refractivity contribution is 5.79. The molecule has 1 amide bonds. The second kappa shape index (κ2) is 7.33. The van der Waals surface area contributed by atoms with Gasteiger partial charge in [-0.3, -0.25) is 4.79 Å². The monoisotopic (exact) mass is 333 g/mol. The van der Waals surface area contributed by atoms with Crippen LogP contribution in [0, 0.1) is 23.7 Å². The molecular formula is C20H35N3O. The molecule has 4 fully saturated rings. The van der Waals surface area contributed by atoms with Crippen LogP contribution in [-0.2, 0) is 4.79 Å². The molecule has 0 aromatic carbocycles. The maximum Gasteiger partial charge on any atom is 0.225 e. The van der Waals surface area contributed by atoms with Crippen molar-refractivity contribution in [3.8, 4) is 0 Å². The molecule has 4 nitrogen and oxygen atoms in total. The Bertz CT molecular complexity index is 426. The van der Waals surface area contributed by atoms with Crippen LogP contribution in [0.15, 0.2) is 0 Å². The van der Waals surface area contributed by atoms with Crippen molar-refractivity contribution in [1.82, 2.24) is 9.80 Å². The first-order valence-corrected chi connectivity index (χ1v) is 10.5. The number of nitrogens with zero attached hydrogens (tertiary/aromatic N) is 2. The van der Waals surface area contributed by atoms with Gasteiger partial charge in [0.05, 0.1) is 0 Å². The molecule has 2 unspecified atom stereocenters. The molecule has 136 valence electrons. The number of fused-ring (bicyclic) bond motifs is 2. The van der Waals surface area contributed by atoms with E-state index >= 15 is 0 Å². The molecule has 4 heteroatoms. The second-order valence-corrected chi connectivity index (χ2v) is 8.97. The predicted molar refractivity (Wildman–Crippen MR) is 96.5 cm³/mol. The summed E-state index contributed by atoms with van der Waals surface area (Å²) in [5, 5.41) is 0. The summed E-state index contributed by atoms with van der Waals surface area (Å²) in [7, 11) is 0. The number of carbonyl (C=O) groups excluding carboxylic acids is 1. The first-order valence-electron chi connectivity index (χ1n) is 10.5. The summed E-state index contributed by atoms with van der Waals surface area (Å²) in [4.78, 5) is 17.8. The number of hydrogen-bond donors (Lipinski definition) is 1. The largest absolute Gasteiger partial charge is 0.342 e. The van der Waals surface area contributed by atoms with E-state index in [4.69, 9.17) is 5.73 Å². The Morgan fingerprint density at radius 1 is 0.875 bits per heavy atom. The lowest BCUT2D eigenvalue weighted by Crippen LogP contribution is -2.51. The van der Waals surface area contributed by atoms with Crippen LogP contribution in [0.25, 0.3) is 0 Å². The molecular weight excluding hydrogens is 298 g/mol. The van der Waals surface area contributed by atoms with Gasteiger partial charge in [-0.2, -0.15) is 0 Å². The van der Waals surface area contributed by atoms with Crippen LogP contribution in [0.5, 0.6) is 0 Å².